The zero-order chi connectivity index (χ0) is 16.2. The van der Waals surface area contributed by atoms with Crippen LogP contribution in [0.1, 0.15) is 26.3 Å². The van der Waals surface area contributed by atoms with Crippen molar-refractivity contribution in [1.29, 1.82) is 0 Å². The second-order valence-corrected chi connectivity index (χ2v) is 6.04. The molecule has 0 bridgehead atoms. The molecule has 1 unspecified atom stereocenters. The molecule has 21 heavy (non-hydrogen) atoms. The van der Waals surface area contributed by atoms with Crippen molar-refractivity contribution in [1.82, 2.24) is 0 Å². The summed E-state index contributed by atoms with van der Waals surface area (Å²) in [5, 5.41) is 2.84. The molecule has 1 rings (SSSR count). The summed E-state index contributed by atoms with van der Waals surface area (Å²) in [6.07, 6.45) is -3.35. The SMILES string of the molecule is CC(C)(C)OC(=O)Nc1ccc(Cl)c(CC(N)C(F)F)c1. The van der Waals surface area contributed by atoms with E-state index in [0.717, 1.165) is 0 Å². The number of alkyl halides is 2. The van der Waals surface area contributed by atoms with E-state index in [2.05, 4.69) is 5.32 Å². The van der Waals surface area contributed by atoms with Crippen LogP contribution >= 0.6 is 11.6 Å². The van der Waals surface area contributed by atoms with Crippen molar-refractivity contribution >= 4 is 23.4 Å². The van der Waals surface area contributed by atoms with Gasteiger partial charge in [-0.3, -0.25) is 5.32 Å². The molecule has 0 aromatic heterocycles. The molecule has 0 saturated carbocycles. The van der Waals surface area contributed by atoms with E-state index in [-0.39, 0.29) is 6.42 Å². The Hall–Kier alpha value is -1.40. The Bertz CT molecular complexity index is 504. The minimum atomic E-state index is -2.64. The van der Waals surface area contributed by atoms with E-state index >= 15 is 0 Å². The zero-order valence-electron chi connectivity index (χ0n) is 12.1. The molecule has 4 nitrogen and oxygen atoms in total. The Kier molecular flexibility index (Phi) is 5.92. The Morgan fingerprint density at radius 1 is 1.43 bits per heavy atom. The van der Waals surface area contributed by atoms with Gasteiger partial charge in [0.05, 0.1) is 6.04 Å². The number of amides is 1. The second-order valence-electron chi connectivity index (χ2n) is 5.64. The molecule has 0 aliphatic heterocycles. The highest BCUT2D eigenvalue weighted by atomic mass is 35.5. The minimum Gasteiger partial charge on any atom is -0.444 e. The van der Waals surface area contributed by atoms with Crippen LogP contribution in [0.15, 0.2) is 18.2 Å². The molecule has 1 amide bonds. The molecule has 0 heterocycles. The van der Waals surface area contributed by atoms with Crippen molar-refractivity contribution in [3.05, 3.63) is 28.8 Å². The first-order valence-electron chi connectivity index (χ1n) is 6.40. The number of nitrogens with two attached hydrogens (primary N) is 1. The van der Waals surface area contributed by atoms with Crippen molar-refractivity contribution in [2.45, 2.75) is 45.3 Å². The van der Waals surface area contributed by atoms with Crippen LogP contribution in [0.2, 0.25) is 5.02 Å². The van der Waals surface area contributed by atoms with Crippen molar-refractivity contribution in [2.24, 2.45) is 5.73 Å². The summed E-state index contributed by atoms with van der Waals surface area (Å²) in [7, 11) is 0. The lowest BCUT2D eigenvalue weighted by Gasteiger charge is -2.20. The number of hydrogen-bond donors (Lipinski definition) is 2. The number of hydrogen-bond acceptors (Lipinski definition) is 3. The fraction of sp³-hybridized carbons (Fsp3) is 0.500. The van der Waals surface area contributed by atoms with E-state index in [9.17, 15) is 13.6 Å². The van der Waals surface area contributed by atoms with Gasteiger partial charge in [-0.15, -0.1) is 0 Å². The Morgan fingerprint density at radius 2 is 2.05 bits per heavy atom. The van der Waals surface area contributed by atoms with Gasteiger partial charge in [0, 0.05) is 10.7 Å². The minimum absolute atomic E-state index is 0.0830. The number of rotatable bonds is 4. The molecule has 3 N–H and O–H groups in total. The van der Waals surface area contributed by atoms with Gasteiger partial charge in [0.25, 0.3) is 6.43 Å². The molecule has 0 fully saturated rings. The number of carbonyl (C=O) groups is 1. The largest absolute Gasteiger partial charge is 0.444 e. The highest BCUT2D eigenvalue weighted by molar-refractivity contribution is 6.31. The van der Waals surface area contributed by atoms with Gasteiger partial charge in [-0.2, -0.15) is 0 Å². The highest BCUT2D eigenvalue weighted by Crippen LogP contribution is 2.23. The van der Waals surface area contributed by atoms with Gasteiger partial charge in [-0.25, -0.2) is 13.6 Å². The lowest BCUT2D eigenvalue weighted by atomic mass is 10.1. The molecule has 0 aliphatic rings. The number of nitrogens with one attached hydrogen (secondary N) is 1. The third kappa shape index (κ3) is 6.27. The molecule has 1 aromatic rings. The van der Waals surface area contributed by atoms with Gasteiger partial charge in [-0.1, -0.05) is 11.6 Å². The fourth-order valence-electron chi connectivity index (χ4n) is 1.57. The van der Waals surface area contributed by atoms with Gasteiger partial charge in [0.2, 0.25) is 0 Å². The maximum atomic E-state index is 12.5. The molecule has 1 aromatic carbocycles. The van der Waals surface area contributed by atoms with Crippen molar-refractivity contribution in [3.63, 3.8) is 0 Å². The number of ether oxygens (including phenoxy) is 1. The maximum Gasteiger partial charge on any atom is 0.412 e. The van der Waals surface area contributed by atoms with E-state index in [0.29, 0.717) is 16.3 Å². The number of benzene rings is 1. The lowest BCUT2D eigenvalue weighted by Crippen LogP contribution is -2.31. The van der Waals surface area contributed by atoms with Crippen LogP contribution in [0.4, 0.5) is 19.3 Å². The average Bonchev–Trinajstić information content (AvgIpc) is 2.30. The van der Waals surface area contributed by atoms with Crippen LogP contribution in [0.25, 0.3) is 0 Å². The topological polar surface area (TPSA) is 64.3 Å². The maximum absolute atomic E-state index is 12.5. The Labute approximate surface area is 127 Å². The van der Waals surface area contributed by atoms with E-state index in [1.807, 2.05) is 0 Å². The fourth-order valence-corrected chi connectivity index (χ4v) is 1.77. The van der Waals surface area contributed by atoms with Gasteiger partial charge in [-0.05, 0) is 51.0 Å². The standard InChI is InChI=1S/C14H19ClF2N2O2/c1-14(2,3)21-13(20)19-9-4-5-10(15)8(6-9)7-11(18)12(16)17/h4-6,11-12H,7,18H2,1-3H3,(H,19,20). The van der Waals surface area contributed by atoms with E-state index in [4.69, 9.17) is 22.1 Å². The molecule has 0 radical (unpaired) electrons. The summed E-state index contributed by atoms with van der Waals surface area (Å²) < 4.78 is 30.1. The second kappa shape index (κ2) is 7.04. The van der Waals surface area contributed by atoms with Crippen LogP contribution in [-0.2, 0) is 11.2 Å². The van der Waals surface area contributed by atoms with Crippen LogP contribution < -0.4 is 11.1 Å². The van der Waals surface area contributed by atoms with Crippen molar-refractivity contribution < 1.29 is 18.3 Å². The smallest absolute Gasteiger partial charge is 0.412 e. The summed E-state index contributed by atoms with van der Waals surface area (Å²) in [5.74, 6) is 0. The number of halogens is 3. The molecular formula is C14H19ClF2N2O2. The average molecular weight is 321 g/mol. The first kappa shape index (κ1) is 17.7. The monoisotopic (exact) mass is 320 g/mol. The van der Waals surface area contributed by atoms with Crippen molar-refractivity contribution in [2.75, 3.05) is 5.32 Å². The Morgan fingerprint density at radius 3 is 2.57 bits per heavy atom. The van der Waals surface area contributed by atoms with E-state index in [1.165, 1.54) is 12.1 Å². The van der Waals surface area contributed by atoms with Gasteiger partial charge >= 0.3 is 6.09 Å². The van der Waals surface area contributed by atoms with E-state index in [1.54, 1.807) is 26.8 Å². The summed E-state index contributed by atoms with van der Waals surface area (Å²) in [6.45, 7) is 5.21. The van der Waals surface area contributed by atoms with Gasteiger partial charge in [0.1, 0.15) is 5.60 Å². The van der Waals surface area contributed by atoms with Crippen LogP contribution in [-0.4, -0.2) is 24.2 Å². The summed E-state index contributed by atoms with van der Waals surface area (Å²) in [4.78, 5) is 11.6. The normalized spacial score (nSPS) is 13.1. The predicted molar refractivity (Wildman–Crippen MR) is 79.0 cm³/mol. The third-order valence-electron chi connectivity index (χ3n) is 2.47. The quantitative estimate of drug-likeness (QED) is 0.886. The molecular weight excluding hydrogens is 302 g/mol. The van der Waals surface area contributed by atoms with Crippen LogP contribution in [0.3, 0.4) is 0 Å². The number of carbonyl (C=O) groups excluding carboxylic acids is 1. The van der Waals surface area contributed by atoms with Crippen molar-refractivity contribution in [3.8, 4) is 0 Å². The molecule has 1 atom stereocenters. The van der Waals surface area contributed by atoms with Gasteiger partial charge < -0.3 is 10.5 Å². The molecule has 0 aliphatic carbocycles. The van der Waals surface area contributed by atoms with Crippen LogP contribution in [0.5, 0.6) is 0 Å². The lowest BCUT2D eigenvalue weighted by molar-refractivity contribution is 0.0636. The first-order chi connectivity index (χ1) is 9.58. The first-order valence-corrected chi connectivity index (χ1v) is 6.78. The molecule has 7 heteroatoms. The summed E-state index contributed by atoms with van der Waals surface area (Å²) in [5.41, 5.74) is 5.55. The molecule has 0 saturated heterocycles. The predicted octanol–water partition coefficient (Wildman–Crippen LogP) is 3.82. The van der Waals surface area contributed by atoms with Gasteiger partial charge in [0.15, 0.2) is 0 Å². The number of anilines is 1. The molecule has 118 valence electrons. The highest BCUT2D eigenvalue weighted by Gasteiger charge is 2.19. The summed E-state index contributed by atoms with van der Waals surface area (Å²) >= 11 is 5.94. The summed E-state index contributed by atoms with van der Waals surface area (Å²) in [6, 6.07) is 3.28. The van der Waals surface area contributed by atoms with E-state index < -0.39 is 24.2 Å². The Balaban J connectivity index is 2.79. The molecule has 0 spiro atoms. The third-order valence-corrected chi connectivity index (χ3v) is 2.84. The van der Waals surface area contributed by atoms with Crippen LogP contribution in [0, 0.1) is 0 Å². The zero-order valence-corrected chi connectivity index (χ0v) is 12.9.